The highest BCUT2D eigenvalue weighted by molar-refractivity contribution is 7.95. The molecular formula is C27H37O3P. The van der Waals surface area contributed by atoms with Crippen molar-refractivity contribution in [3.63, 3.8) is 0 Å². The molecule has 0 radical (unpaired) electrons. The summed E-state index contributed by atoms with van der Waals surface area (Å²) in [6.45, 7) is 10.1. The van der Waals surface area contributed by atoms with Gasteiger partial charge in [-0.15, -0.1) is 0 Å². The number of hydrogen-bond acceptors (Lipinski definition) is 3. The van der Waals surface area contributed by atoms with Crippen molar-refractivity contribution in [2.75, 3.05) is 6.16 Å². The summed E-state index contributed by atoms with van der Waals surface area (Å²) in [5.41, 5.74) is 3.70. The summed E-state index contributed by atoms with van der Waals surface area (Å²) in [5.74, 6) is 0. The zero-order valence-corrected chi connectivity index (χ0v) is 20.7. The van der Waals surface area contributed by atoms with Crippen molar-refractivity contribution in [1.29, 1.82) is 0 Å². The second-order valence-corrected chi connectivity index (χ2v) is 10.8. The Hall–Kier alpha value is -1.99. The number of hydrogen-bond donors (Lipinski definition) is 0. The van der Waals surface area contributed by atoms with Gasteiger partial charge < -0.3 is 4.57 Å². The minimum Gasteiger partial charge on any atom is -0.307 e. The lowest BCUT2D eigenvalue weighted by atomic mass is 9.98. The third-order valence-electron chi connectivity index (χ3n) is 6.16. The van der Waals surface area contributed by atoms with Gasteiger partial charge in [-0.3, -0.25) is 9.59 Å². The first-order valence-corrected chi connectivity index (χ1v) is 13.7. The Morgan fingerprint density at radius 2 is 1.00 bits per heavy atom. The van der Waals surface area contributed by atoms with Gasteiger partial charge in [0.1, 0.15) is 0 Å². The second kappa shape index (κ2) is 11.6. The molecule has 0 saturated heterocycles. The molecule has 168 valence electrons. The van der Waals surface area contributed by atoms with Crippen LogP contribution in [-0.2, 0) is 30.2 Å². The molecule has 2 aromatic carbocycles. The molecule has 0 heterocycles. The monoisotopic (exact) mass is 440 g/mol. The highest BCUT2D eigenvalue weighted by Gasteiger charge is 2.42. The van der Waals surface area contributed by atoms with E-state index in [1.54, 1.807) is 0 Å². The van der Waals surface area contributed by atoms with E-state index in [0.717, 1.165) is 35.1 Å². The third-order valence-corrected chi connectivity index (χ3v) is 8.86. The lowest BCUT2D eigenvalue weighted by molar-refractivity contribution is 0.103. The molecule has 4 heteroatoms. The summed E-state index contributed by atoms with van der Waals surface area (Å²) in [4.78, 5) is 27.9. The van der Waals surface area contributed by atoms with E-state index in [1.165, 1.54) is 0 Å². The maximum absolute atomic E-state index is 14.5. The fraction of sp³-hybridized carbons (Fsp3) is 0.481. The van der Waals surface area contributed by atoms with Crippen LogP contribution < -0.4 is 0 Å². The largest absolute Gasteiger partial charge is 0.307 e. The van der Waals surface area contributed by atoms with Gasteiger partial charge in [0.2, 0.25) is 18.2 Å². The van der Waals surface area contributed by atoms with E-state index in [9.17, 15) is 14.2 Å². The van der Waals surface area contributed by atoms with Crippen LogP contribution in [0.5, 0.6) is 0 Å². The molecule has 0 spiro atoms. The lowest BCUT2D eigenvalue weighted by Gasteiger charge is -2.22. The first-order chi connectivity index (χ1) is 14.9. The molecule has 0 aliphatic rings. The highest BCUT2D eigenvalue weighted by Crippen LogP contribution is 2.54. The fourth-order valence-electron chi connectivity index (χ4n) is 4.28. The van der Waals surface area contributed by atoms with Crippen molar-refractivity contribution >= 4 is 18.2 Å². The molecule has 0 aliphatic carbocycles. The Morgan fingerprint density at radius 3 is 1.29 bits per heavy atom. The lowest BCUT2D eigenvalue weighted by Crippen LogP contribution is -2.19. The Kier molecular flexibility index (Phi) is 9.44. The van der Waals surface area contributed by atoms with Crippen LogP contribution >= 0.6 is 7.14 Å². The van der Waals surface area contributed by atoms with E-state index < -0.39 is 18.2 Å². The predicted octanol–water partition coefficient (Wildman–Crippen LogP) is 7.47. The van der Waals surface area contributed by atoms with Crippen LogP contribution in [0.1, 0.15) is 96.9 Å². The minimum atomic E-state index is -3.81. The molecule has 2 aromatic rings. The standard InChI is InChI=1S/C27H37O3P/c1-6-11-12-19-31(30,26(28)24-20(7-2)15-13-16-21(24)8-3)27(29)25-22(9-4)17-14-18-23(25)10-5/h13-18H,6-12,19H2,1-5H3. The quantitative estimate of drug-likeness (QED) is 0.254. The number of carbonyl (C=O) groups excluding carboxylic acids is 2. The van der Waals surface area contributed by atoms with E-state index in [0.29, 0.717) is 43.2 Å². The first kappa shape index (κ1) is 25.3. The number of rotatable bonds is 12. The van der Waals surface area contributed by atoms with Crippen LogP contribution in [0.4, 0.5) is 0 Å². The summed E-state index contributed by atoms with van der Waals surface area (Å²) < 4.78 is 14.5. The van der Waals surface area contributed by atoms with Gasteiger partial charge in [-0.2, -0.15) is 0 Å². The SMILES string of the molecule is CCCCCP(=O)(C(=O)c1c(CC)cccc1CC)C(=O)c1c(CC)cccc1CC. The zero-order chi connectivity index (χ0) is 23.0. The molecule has 0 N–H and O–H groups in total. The van der Waals surface area contributed by atoms with Gasteiger partial charge in [0, 0.05) is 17.3 Å². The summed E-state index contributed by atoms with van der Waals surface area (Å²) >= 11 is 0. The maximum Gasteiger partial charge on any atom is 0.229 e. The number of unbranched alkanes of at least 4 members (excludes halogenated alkanes) is 2. The molecule has 3 nitrogen and oxygen atoms in total. The van der Waals surface area contributed by atoms with Gasteiger partial charge in [0.05, 0.1) is 0 Å². The Labute approximate surface area is 188 Å². The molecule has 31 heavy (non-hydrogen) atoms. The van der Waals surface area contributed by atoms with Gasteiger partial charge in [0.15, 0.2) is 0 Å². The van der Waals surface area contributed by atoms with Crippen molar-refractivity contribution in [3.05, 3.63) is 69.8 Å². The average Bonchev–Trinajstić information content (AvgIpc) is 2.81. The van der Waals surface area contributed by atoms with E-state index in [1.807, 2.05) is 64.1 Å². The van der Waals surface area contributed by atoms with Crippen molar-refractivity contribution < 1.29 is 14.2 Å². The van der Waals surface area contributed by atoms with Crippen LogP contribution in [0.2, 0.25) is 0 Å². The topological polar surface area (TPSA) is 51.2 Å². The number of carbonyl (C=O) groups is 2. The molecule has 0 amide bonds. The predicted molar refractivity (Wildman–Crippen MR) is 131 cm³/mol. The molecular weight excluding hydrogens is 403 g/mol. The van der Waals surface area contributed by atoms with Gasteiger partial charge >= 0.3 is 0 Å². The smallest absolute Gasteiger partial charge is 0.229 e. The van der Waals surface area contributed by atoms with E-state index in [-0.39, 0.29) is 6.16 Å². The summed E-state index contributed by atoms with van der Waals surface area (Å²) in [6.07, 6.45) is 5.26. The molecule has 0 saturated carbocycles. The van der Waals surface area contributed by atoms with Crippen LogP contribution in [0.3, 0.4) is 0 Å². The van der Waals surface area contributed by atoms with Gasteiger partial charge in [-0.25, -0.2) is 0 Å². The highest BCUT2D eigenvalue weighted by atomic mass is 31.2. The zero-order valence-electron chi connectivity index (χ0n) is 19.8. The average molecular weight is 441 g/mol. The maximum atomic E-state index is 14.5. The van der Waals surface area contributed by atoms with Crippen molar-refractivity contribution in [2.24, 2.45) is 0 Å². The minimum absolute atomic E-state index is 0.154. The van der Waals surface area contributed by atoms with E-state index >= 15 is 0 Å². The van der Waals surface area contributed by atoms with E-state index in [2.05, 4.69) is 6.92 Å². The van der Waals surface area contributed by atoms with Crippen molar-refractivity contribution in [1.82, 2.24) is 0 Å². The van der Waals surface area contributed by atoms with E-state index in [4.69, 9.17) is 0 Å². The Balaban J connectivity index is 2.71. The van der Waals surface area contributed by atoms with Gasteiger partial charge in [-0.05, 0) is 54.4 Å². The summed E-state index contributed by atoms with van der Waals surface area (Å²) in [7, 11) is -3.81. The van der Waals surface area contributed by atoms with Crippen LogP contribution in [0.25, 0.3) is 0 Å². The number of benzene rings is 2. The molecule has 0 atom stereocenters. The molecule has 0 unspecified atom stereocenters. The normalized spacial score (nSPS) is 11.5. The summed E-state index contributed by atoms with van der Waals surface area (Å²) in [6, 6.07) is 11.6. The molecule has 2 rings (SSSR count). The summed E-state index contributed by atoms with van der Waals surface area (Å²) in [5, 5.41) is 0. The van der Waals surface area contributed by atoms with Gasteiger partial charge in [-0.1, -0.05) is 83.9 Å². The third kappa shape index (κ3) is 5.26. The Bertz CT molecular complexity index is 858. The number of aryl methyl sites for hydroxylation is 4. The Morgan fingerprint density at radius 1 is 0.645 bits per heavy atom. The molecule has 0 fully saturated rings. The molecule has 0 bridgehead atoms. The first-order valence-electron chi connectivity index (χ1n) is 11.8. The van der Waals surface area contributed by atoms with Crippen LogP contribution in [0, 0.1) is 0 Å². The fourth-order valence-corrected chi connectivity index (χ4v) is 6.83. The molecule has 0 aromatic heterocycles. The van der Waals surface area contributed by atoms with Gasteiger partial charge in [0.25, 0.3) is 0 Å². The van der Waals surface area contributed by atoms with Crippen LogP contribution in [0.15, 0.2) is 36.4 Å². The second-order valence-electron chi connectivity index (χ2n) is 8.10. The van der Waals surface area contributed by atoms with Crippen LogP contribution in [-0.4, -0.2) is 17.2 Å². The van der Waals surface area contributed by atoms with Crippen molar-refractivity contribution in [2.45, 2.75) is 79.6 Å². The molecule has 0 aliphatic heterocycles. The van der Waals surface area contributed by atoms with Crippen molar-refractivity contribution in [3.8, 4) is 0 Å².